The number of ketones is 2. The van der Waals surface area contributed by atoms with E-state index in [2.05, 4.69) is 5.10 Å². The number of nitrogens with zero attached hydrogens (tertiary/aromatic N) is 3. The van der Waals surface area contributed by atoms with Crippen LogP contribution in [0.3, 0.4) is 0 Å². The summed E-state index contributed by atoms with van der Waals surface area (Å²) < 4.78 is 1.03. The molecule has 0 spiro atoms. The van der Waals surface area contributed by atoms with Crippen LogP contribution in [-0.2, 0) is 16.1 Å². The van der Waals surface area contributed by atoms with Gasteiger partial charge in [-0.1, -0.05) is 13.8 Å². The van der Waals surface area contributed by atoms with Crippen LogP contribution in [0.4, 0.5) is 0 Å². The quantitative estimate of drug-likeness (QED) is 0.302. The predicted molar refractivity (Wildman–Crippen MR) is 95.9 cm³/mol. The van der Waals surface area contributed by atoms with Gasteiger partial charge in [-0.05, 0) is 24.8 Å². The van der Waals surface area contributed by atoms with E-state index in [4.69, 9.17) is 0 Å². The number of aryl methyl sites for hydroxylation is 2. The van der Waals surface area contributed by atoms with Crippen molar-refractivity contribution in [3.63, 3.8) is 0 Å². The molecule has 0 fully saturated rings. The van der Waals surface area contributed by atoms with E-state index in [1.54, 1.807) is 34.9 Å². The molecule has 0 aliphatic heterocycles. The summed E-state index contributed by atoms with van der Waals surface area (Å²) in [5, 5.41) is 16.4. The monoisotopic (exact) mass is 397 g/mol. The van der Waals surface area contributed by atoms with E-state index in [1.807, 2.05) is 0 Å². The third kappa shape index (κ3) is 5.40. The van der Waals surface area contributed by atoms with Gasteiger partial charge in [-0.25, -0.2) is 4.68 Å². The van der Waals surface area contributed by atoms with Crippen molar-refractivity contribution in [2.45, 2.75) is 46.6 Å². The number of hydrogen-bond donors (Lipinski definition) is 0. The molecule has 28 heavy (non-hydrogen) atoms. The Kier molecular flexibility index (Phi) is 7.93. The molecule has 1 aliphatic carbocycles. The summed E-state index contributed by atoms with van der Waals surface area (Å²) in [6, 6.07) is 1.28. The third-order valence-corrected chi connectivity index (χ3v) is 4.44. The van der Waals surface area contributed by atoms with E-state index < -0.39 is 33.9 Å². The third-order valence-electron chi connectivity index (χ3n) is 4.44. The predicted octanol–water partition coefficient (Wildman–Crippen LogP) is -2.78. The van der Waals surface area contributed by atoms with Crippen molar-refractivity contribution in [2.24, 2.45) is 5.41 Å². The average Bonchev–Trinajstić information content (AvgIpc) is 2.52. The molecule has 0 atom stereocenters. The van der Waals surface area contributed by atoms with E-state index in [0.717, 1.165) is 4.68 Å². The van der Waals surface area contributed by atoms with Gasteiger partial charge < -0.3 is 10.0 Å². The van der Waals surface area contributed by atoms with Crippen molar-refractivity contribution < 1.29 is 49.0 Å². The second-order valence-electron chi connectivity index (χ2n) is 7.83. The topological polar surface area (TPSA) is 112 Å². The Labute approximate surface area is 185 Å². The van der Waals surface area contributed by atoms with Gasteiger partial charge in [-0.15, -0.1) is 5.76 Å². The molecule has 8 nitrogen and oxygen atoms in total. The molecule has 9 heteroatoms. The van der Waals surface area contributed by atoms with Gasteiger partial charge in [0.15, 0.2) is 5.78 Å². The van der Waals surface area contributed by atoms with Crippen LogP contribution in [0.2, 0.25) is 0 Å². The van der Waals surface area contributed by atoms with E-state index in [9.17, 15) is 24.3 Å². The van der Waals surface area contributed by atoms with Crippen molar-refractivity contribution in [1.82, 2.24) is 14.7 Å². The Morgan fingerprint density at radius 3 is 2.39 bits per heavy atom. The Morgan fingerprint density at radius 1 is 1.25 bits per heavy atom. The van der Waals surface area contributed by atoms with Crippen LogP contribution < -0.4 is 40.2 Å². The number of carbonyl (C=O) groups excluding carboxylic acids is 3. The minimum Gasteiger partial charge on any atom is -0.875 e. The Hall–Kier alpha value is -1.77. The molecular formula is C19H24N3NaO5. The molecule has 1 aromatic heterocycles. The van der Waals surface area contributed by atoms with Crippen LogP contribution in [0.25, 0.3) is 0 Å². The van der Waals surface area contributed by atoms with Gasteiger partial charge in [0.1, 0.15) is 0 Å². The number of hydrogen-bond acceptors (Lipinski definition) is 6. The zero-order chi connectivity index (χ0) is 20.5. The first-order valence-electron chi connectivity index (χ1n) is 8.70. The van der Waals surface area contributed by atoms with Gasteiger partial charge in [0.2, 0.25) is 11.7 Å². The van der Waals surface area contributed by atoms with Gasteiger partial charge in [0.25, 0.3) is 5.56 Å². The molecule has 0 saturated heterocycles. The molecule has 146 valence electrons. The van der Waals surface area contributed by atoms with E-state index in [1.165, 1.54) is 11.0 Å². The smallest absolute Gasteiger partial charge is 0.875 e. The standard InChI is InChI=1S/C19H25N3O5.Na/c1-11-8-12(18(27)22(20-11)7-6-15(25)21(4)5)17(26)16-13(23)9-19(2,3)10-14(16)24;/h8,23H,6-7,9-10H2,1-5H3;/q;+1/p-1. The Balaban J connectivity index is 0.00000392. The van der Waals surface area contributed by atoms with E-state index >= 15 is 0 Å². The summed E-state index contributed by atoms with van der Waals surface area (Å²) in [7, 11) is 3.20. The minimum absolute atomic E-state index is 0. The maximum atomic E-state index is 12.8. The van der Waals surface area contributed by atoms with Gasteiger partial charge >= 0.3 is 29.6 Å². The molecule has 1 aliphatic rings. The van der Waals surface area contributed by atoms with Crippen LogP contribution in [0, 0.1) is 12.3 Å². The maximum Gasteiger partial charge on any atom is 1.00 e. The molecule has 0 N–H and O–H groups in total. The summed E-state index contributed by atoms with van der Waals surface area (Å²) in [6.07, 6.45) is 0.199. The van der Waals surface area contributed by atoms with Gasteiger partial charge in [-0.3, -0.25) is 19.2 Å². The van der Waals surface area contributed by atoms with Crippen LogP contribution in [0.15, 0.2) is 22.2 Å². The molecular weight excluding hydrogens is 373 g/mol. The number of rotatable bonds is 5. The number of allylic oxidation sites excluding steroid dienone is 2. The summed E-state index contributed by atoms with van der Waals surface area (Å²) >= 11 is 0. The molecule has 0 radical (unpaired) electrons. The Morgan fingerprint density at radius 2 is 1.86 bits per heavy atom. The van der Waals surface area contributed by atoms with Crippen molar-refractivity contribution in [2.75, 3.05) is 14.1 Å². The fourth-order valence-corrected chi connectivity index (χ4v) is 3.07. The first kappa shape index (κ1) is 24.3. The average molecular weight is 397 g/mol. The fourth-order valence-electron chi connectivity index (χ4n) is 3.07. The van der Waals surface area contributed by atoms with Crippen LogP contribution in [0.5, 0.6) is 0 Å². The summed E-state index contributed by atoms with van der Waals surface area (Å²) in [4.78, 5) is 50.9. The van der Waals surface area contributed by atoms with E-state index in [-0.39, 0.29) is 66.8 Å². The fraction of sp³-hybridized carbons (Fsp3) is 0.526. The number of amides is 1. The van der Waals surface area contributed by atoms with Crippen molar-refractivity contribution in [3.05, 3.63) is 39.0 Å². The largest absolute Gasteiger partial charge is 1.00 e. The zero-order valence-corrected chi connectivity index (χ0v) is 19.3. The van der Waals surface area contributed by atoms with Crippen molar-refractivity contribution in [1.29, 1.82) is 0 Å². The second-order valence-corrected chi connectivity index (χ2v) is 7.83. The number of aromatic nitrogens is 2. The normalized spacial score (nSPS) is 15.8. The first-order chi connectivity index (χ1) is 12.4. The summed E-state index contributed by atoms with van der Waals surface area (Å²) in [5.74, 6) is -2.12. The van der Waals surface area contributed by atoms with Crippen molar-refractivity contribution in [3.8, 4) is 0 Å². The van der Waals surface area contributed by atoms with Gasteiger partial charge in [0.05, 0.1) is 23.4 Å². The molecule has 0 saturated carbocycles. The van der Waals surface area contributed by atoms with Crippen LogP contribution in [0.1, 0.15) is 49.2 Å². The second kappa shape index (κ2) is 9.15. The van der Waals surface area contributed by atoms with Crippen LogP contribution >= 0.6 is 0 Å². The summed E-state index contributed by atoms with van der Waals surface area (Å²) in [6.45, 7) is 5.17. The van der Waals surface area contributed by atoms with E-state index in [0.29, 0.717) is 5.69 Å². The first-order valence-corrected chi connectivity index (χ1v) is 8.70. The molecule has 0 bridgehead atoms. The minimum atomic E-state index is -0.858. The van der Waals surface area contributed by atoms with Gasteiger partial charge in [-0.2, -0.15) is 5.10 Å². The van der Waals surface area contributed by atoms with Crippen LogP contribution in [-0.4, -0.2) is 46.2 Å². The molecule has 2 rings (SSSR count). The molecule has 0 aromatic carbocycles. The van der Waals surface area contributed by atoms with Gasteiger partial charge in [0, 0.05) is 26.9 Å². The van der Waals surface area contributed by atoms with Crippen molar-refractivity contribution >= 4 is 17.5 Å². The zero-order valence-electron chi connectivity index (χ0n) is 17.3. The maximum absolute atomic E-state index is 12.8. The molecule has 0 unspecified atom stereocenters. The molecule has 1 amide bonds. The molecule has 1 aromatic rings. The number of Topliss-reactive ketones (excluding diaryl/α,β-unsaturated/α-hetero) is 2. The SMILES string of the molecule is Cc1cc(C(=O)C2=C([O-])CC(C)(C)CC2=O)c(=O)n(CCC(=O)N(C)C)n1.[Na+]. The number of carbonyl (C=O) groups is 3. The molecule has 1 heterocycles. The summed E-state index contributed by atoms with van der Waals surface area (Å²) in [5.41, 5.74) is -1.54. The Bertz CT molecular complexity index is 899.